The van der Waals surface area contributed by atoms with Crippen LogP contribution in [0.3, 0.4) is 0 Å². The van der Waals surface area contributed by atoms with E-state index in [9.17, 15) is 9.59 Å². The van der Waals surface area contributed by atoms with Gasteiger partial charge < -0.3 is 14.5 Å². The third kappa shape index (κ3) is 4.91. The molecule has 28 heavy (non-hydrogen) atoms. The Morgan fingerprint density at radius 1 is 0.821 bits per heavy atom. The second-order valence-electron chi connectivity index (χ2n) is 7.54. The van der Waals surface area contributed by atoms with E-state index in [-0.39, 0.29) is 17.9 Å². The second kappa shape index (κ2) is 9.40. The van der Waals surface area contributed by atoms with Gasteiger partial charge in [0.2, 0.25) is 5.91 Å². The van der Waals surface area contributed by atoms with Crippen molar-refractivity contribution in [2.75, 3.05) is 32.8 Å². The second-order valence-corrected chi connectivity index (χ2v) is 7.54. The Hall–Kier alpha value is -2.82. The molecule has 0 aromatic heterocycles. The summed E-state index contributed by atoms with van der Waals surface area (Å²) in [6, 6.07) is 19.7. The van der Waals surface area contributed by atoms with Crippen molar-refractivity contribution in [2.24, 2.45) is 5.92 Å². The van der Waals surface area contributed by atoms with Gasteiger partial charge in [-0.05, 0) is 17.0 Å². The van der Waals surface area contributed by atoms with E-state index in [1.165, 1.54) is 0 Å². The Kier molecular flexibility index (Phi) is 6.69. The Balaban J connectivity index is 1.69. The molecule has 2 aromatic carbocycles. The van der Waals surface area contributed by atoms with Crippen LogP contribution in [-0.4, -0.2) is 54.6 Å². The molecule has 0 spiro atoms. The highest BCUT2D eigenvalue weighted by Gasteiger charge is 2.31. The number of amides is 2. The molecule has 0 radical (unpaired) electrons. The number of carbonyl (C=O) groups excluding carboxylic acids is 2. The maximum atomic E-state index is 13.4. The van der Waals surface area contributed by atoms with Gasteiger partial charge in [-0.2, -0.15) is 0 Å². The Labute approximate surface area is 166 Å². The van der Waals surface area contributed by atoms with Crippen LogP contribution in [0.2, 0.25) is 0 Å². The van der Waals surface area contributed by atoms with E-state index < -0.39 is 0 Å². The summed E-state index contributed by atoms with van der Waals surface area (Å²) >= 11 is 0. The molecule has 0 unspecified atom stereocenters. The van der Waals surface area contributed by atoms with Gasteiger partial charge in [0.15, 0.2) is 0 Å². The van der Waals surface area contributed by atoms with E-state index in [0.717, 1.165) is 11.1 Å². The van der Waals surface area contributed by atoms with Crippen molar-refractivity contribution in [3.63, 3.8) is 0 Å². The van der Waals surface area contributed by atoms with Crippen molar-refractivity contribution in [1.82, 2.24) is 9.80 Å². The summed E-state index contributed by atoms with van der Waals surface area (Å²) in [7, 11) is 0. The molecule has 5 nitrogen and oxygen atoms in total. The lowest BCUT2D eigenvalue weighted by Gasteiger charge is -2.36. The van der Waals surface area contributed by atoms with Crippen molar-refractivity contribution in [2.45, 2.75) is 19.8 Å². The molecule has 1 aliphatic rings. The van der Waals surface area contributed by atoms with Crippen molar-refractivity contribution < 1.29 is 14.3 Å². The van der Waals surface area contributed by atoms with Gasteiger partial charge >= 0.3 is 6.09 Å². The van der Waals surface area contributed by atoms with Crippen LogP contribution in [0.4, 0.5) is 4.79 Å². The van der Waals surface area contributed by atoms with Gasteiger partial charge in [-0.1, -0.05) is 74.5 Å². The van der Waals surface area contributed by atoms with Gasteiger partial charge in [0, 0.05) is 26.2 Å². The third-order valence-electron chi connectivity index (χ3n) is 4.90. The number of piperazine rings is 1. The number of hydrogen-bond donors (Lipinski definition) is 0. The first-order chi connectivity index (χ1) is 13.6. The van der Waals surface area contributed by atoms with Crippen molar-refractivity contribution in [3.05, 3.63) is 71.8 Å². The smallest absolute Gasteiger partial charge is 0.409 e. The van der Waals surface area contributed by atoms with Crippen molar-refractivity contribution in [1.29, 1.82) is 0 Å². The molecule has 5 heteroatoms. The normalized spacial score (nSPS) is 14.4. The topological polar surface area (TPSA) is 49.9 Å². The maximum absolute atomic E-state index is 13.4. The quantitative estimate of drug-likeness (QED) is 0.794. The Bertz CT molecular complexity index is 729. The summed E-state index contributed by atoms with van der Waals surface area (Å²) in [4.78, 5) is 29.1. The zero-order valence-electron chi connectivity index (χ0n) is 16.6. The van der Waals surface area contributed by atoms with Gasteiger partial charge in [0.1, 0.15) is 0 Å². The van der Waals surface area contributed by atoms with E-state index in [4.69, 9.17) is 4.74 Å². The first kappa shape index (κ1) is 19.9. The molecular weight excluding hydrogens is 352 g/mol. The zero-order valence-corrected chi connectivity index (χ0v) is 16.6. The van der Waals surface area contributed by atoms with Gasteiger partial charge in [0.25, 0.3) is 0 Å². The summed E-state index contributed by atoms with van der Waals surface area (Å²) < 4.78 is 5.31. The molecule has 0 N–H and O–H groups in total. The van der Waals surface area contributed by atoms with Crippen LogP contribution in [0.15, 0.2) is 60.7 Å². The van der Waals surface area contributed by atoms with Crippen LogP contribution in [0.5, 0.6) is 0 Å². The summed E-state index contributed by atoms with van der Waals surface area (Å²) in [5.74, 6) is 0.0544. The van der Waals surface area contributed by atoms with E-state index in [2.05, 4.69) is 0 Å². The van der Waals surface area contributed by atoms with Crippen LogP contribution in [0.25, 0.3) is 0 Å². The van der Waals surface area contributed by atoms with E-state index in [0.29, 0.717) is 38.7 Å². The van der Waals surface area contributed by atoms with Crippen LogP contribution in [0.1, 0.15) is 30.9 Å². The van der Waals surface area contributed by atoms with E-state index in [1.54, 1.807) is 4.90 Å². The minimum absolute atomic E-state index is 0.0765. The Morgan fingerprint density at radius 3 is 1.75 bits per heavy atom. The molecule has 1 saturated heterocycles. The molecule has 3 rings (SSSR count). The molecule has 1 fully saturated rings. The van der Waals surface area contributed by atoms with Crippen LogP contribution < -0.4 is 0 Å². The number of ether oxygens (including phenoxy) is 1. The maximum Gasteiger partial charge on any atom is 0.409 e. The zero-order chi connectivity index (χ0) is 19.9. The van der Waals surface area contributed by atoms with Crippen LogP contribution in [0, 0.1) is 5.92 Å². The SMILES string of the molecule is CC(C)COC(=O)N1CCN(C(=O)C(c2ccccc2)c2ccccc2)CC1. The number of carbonyl (C=O) groups is 2. The summed E-state index contributed by atoms with van der Waals surface area (Å²) in [6.45, 7) is 6.48. The average Bonchev–Trinajstić information content (AvgIpc) is 2.74. The fourth-order valence-corrected chi connectivity index (χ4v) is 3.39. The summed E-state index contributed by atoms with van der Waals surface area (Å²) in [5.41, 5.74) is 1.97. The summed E-state index contributed by atoms with van der Waals surface area (Å²) in [5, 5.41) is 0. The van der Waals surface area contributed by atoms with Crippen molar-refractivity contribution in [3.8, 4) is 0 Å². The molecule has 0 bridgehead atoms. The van der Waals surface area contributed by atoms with Gasteiger partial charge in [-0.3, -0.25) is 4.79 Å². The lowest BCUT2D eigenvalue weighted by atomic mass is 9.90. The molecular formula is C23H28N2O3. The Morgan fingerprint density at radius 2 is 1.29 bits per heavy atom. The third-order valence-corrected chi connectivity index (χ3v) is 4.90. The summed E-state index contributed by atoms with van der Waals surface area (Å²) in [6.07, 6.45) is -0.288. The number of benzene rings is 2. The predicted molar refractivity (Wildman–Crippen MR) is 109 cm³/mol. The number of rotatable bonds is 5. The first-order valence-corrected chi connectivity index (χ1v) is 9.86. The molecule has 148 valence electrons. The minimum Gasteiger partial charge on any atom is -0.449 e. The van der Waals surface area contributed by atoms with Gasteiger partial charge in [0.05, 0.1) is 12.5 Å². The van der Waals surface area contributed by atoms with Gasteiger partial charge in [-0.25, -0.2) is 4.79 Å². The first-order valence-electron chi connectivity index (χ1n) is 9.86. The molecule has 0 atom stereocenters. The largest absolute Gasteiger partial charge is 0.449 e. The fraction of sp³-hybridized carbons (Fsp3) is 0.391. The van der Waals surface area contributed by atoms with Crippen LogP contribution >= 0.6 is 0 Å². The highest BCUT2D eigenvalue weighted by Crippen LogP contribution is 2.27. The predicted octanol–water partition coefficient (Wildman–Crippen LogP) is 3.76. The highest BCUT2D eigenvalue weighted by atomic mass is 16.6. The average molecular weight is 380 g/mol. The monoisotopic (exact) mass is 380 g/mol. The molecule has 2 amide bonds. The molecule has 0 saturated carbocycles. The number of nitrogens with zero attached hydrogens (tertiary/aromatic N) is 2. The lowest BCUT2D eigenvalue weighted by molar-refractivity contribution is -0.133. The van der Waals surface area contributed by atoms with Crippen molar-refractivity contribution >= 4 is 12.0 Å². The highest BCUT2D eigenvalue weighted by molar-refractivity contribution is 5.87. The lowest BCUT2D eigenvalue weighted by Crippen LogP contribution is -2.52. The van der Waals surface area contributed by atoms with Crippen LogP contribution in [-0.2, 0) is 9.53 Å². The standard InChI is InChI=1S/C23H28N2O3/c1-18(2)17-28-23(27)25-15-13-24(14-16-25)22(26)21(19-9-5-3-6-10-19)20-11-7-4-8-12-20/h3-12,18,21H,13-17H2,1-2H3. The molecule has 2 aromatic rings. The minimum atomic E-state index is -0.332. The molecule has 1 aliphatic heterocycles. The fourth-order valence-electron chi connectivity index (χ4n) is 3.39. The van der Waals surface area contributed by atoms with E-state index in [1.807, 2.05) is 79.4 Å². The number of hydrogen-bond acceptors (Lipinski definition) is 3. The molecule has 1 heterocycles. The van der Waals surface area contributed by atoms with E-state index >= 15 is 0 Å². The van der Waals surface area contributed by atoms with Gasteiger partial charge in [-0.15, -0.1) is 0 Å². The molecule has 0 aliphatic carbocycles.